The third-order valence-corrected chi connectivity index (χ3v) is 7.75. The Morgan fingerprint density at radius 1 is 1.29 bits per heavy atom. The molecule has 170 valence electrons. The van der Waals surface area contributed by atoms with Crippen molar-refractivity contribution in [2.45, 2.75) is 56.5 Å². The van der Waals surface area contributed by atoms with Crippen LogP contribution in [0.15, 0.2) is 30.4 Å². The fourth-order valence-electron chi connectivity index (χ4n) is 5.59. The molecule has 2 bridgehead atoms. The Hall–Kier alpha value is -1.87. The van der Waals surface area contributed by atoms with E-state index in [2.05, 4.69) is 35.1 Å². The Bertz CT molecular complexity index is 1020. The van der Waals surface area contributed by atoms with E-state index >= 15 is 0 Å². The molecular weight excluding hydrogens is 431 g/mol. The molecule has 0 amide bonds. The summed E-state index contributed by atoms with van der Waals surface area (Å²) in [5.74, 6) is 0.0196. The van der Waals surface area contributed by atoms with Gasteiger partial charge in [-0.15, -0.1) is 0 Å². The zero-order valence-electron chi connectivity index (χ0n) is 17.5. The van der Waals surface area contributed by atoms with Gasteiger partial charge in [0.2, 0.25) is 0 Å². The lowest BCUT2D eigenvalue weighted by atomic mass is 9.58. The van der Waals surface area contributed by atoms with Crippen LogP contribution >= 0.6 is 0 Å². The minimum Gasteiger partial charge on any atom is -0.376 e. The molecule has 1 aromatic rings. The van der Waals surface area contributed by atoms with Crippen LogP contribution in [-0.4, -0.2) is 43.7 Å². The zero-order chi connectivity index (χ0) is 22.6. The van der Waals surface area contributed by atoms with Gasteiger partial charge >= 0.3 is 15.6 Å². The van der Waals surface area contributed by atoms with Crippen molar-refractivity contribution in [3.8, 4) is 5.75 Å². The number of ketones is 1. The molecule has 2 fully saturated rings. The van der Waals surface area contributed by atoms with Crippen LogP contribution in [0.25, 0.3) is 0 Å². The Balaban J connectivity index is 1.74. The average molecular weight is 458 g/mol. The van der Waals surface area contributed by atoms with Crippen LogP contribution in [0, 0.1) is 11.8 Å². The second kappa shape index (κ2) is 7.62. The van der Waals surface area contributed by atoms with Gasteiger partial charge < -0.3 is 4.18 Å². The number of fused-ring (bicyclic) bond motifs is 1. The number of allylic oxidation sites excluding steroid dienone is 1. The minimum absolute atomic E-state index is 0.0433. The van der Waals surface area contributed by atoms with Crippen LogP contribution < -0.4 is 4.18 Å². The molecule has 2 aliphatic carbocycles. The van der Waals surface area contributed by atoms with Crippen molar-refractivity contribution >= 4 is 15.9 Å². The Morgan fingerprint density at radius 3 is 2.71 bits per heavy atom. The van der Waals surface area contributed by atoms with Gasteiger partial charge in [0.05, 0.1) is 6.04 Å². The van der Waals surface area contributed by atoms with Gasteiger partial charge in [0, 0.05) is 24.1 Å². The molecule has 1 aliphatic heterocycles. The molecule has 31 heavy (non-hydrogen) atoms. The SMILES string of the molecule is CC(C)/C=C/CN1CC23CCCCC2C1C(=O)c1ccc(OS(=O)(=O)C(F)(F)F)cc13. The second-order valence-corrected chi connectivity index (χ2v) is 10.6. The van der Waals surface area contributed by atoms with Crippen molar-refractivity contribution in [3.63, 3.8) is 0 Å². The Kier molecular flexibility index (Phi) is 5.49. The lowest BCUT2D eigenvalue weighted by Crippen LogP contribution is -2.47. The van der Waals surface area contributed by atoms with E-state index in [1.165, 1.54) is 12.1 Å². The van der Waals surface area contributed by atoms with E-state index < -0.39 is 21.4 Å². The number of hydrogen-bond acceptors (Lipinski definition) is 5. The molecule has 1 saturated heterocycles. The van der Waals surface area contributed by atoms with Gasteiger partial charge in [0.15, 0.2) is 5.78 Å². The van der Waals surface area contributed by atoms with Gasteiger partial charge in [-0.05, 0) is 48.4 Å². The highest BCUT2D eigenvalue weighted by atomic mass is 32.2. The van der Waals surface area contributed by atoms with Gasteiger partial charge in [-0.1, -0.05) is 38.8 Å². The number of Topliss-reactive ketones (excluding diaryl/α,β-unsaturated/α-hetero) is 1. The number of halogens is 3. The summed E-state index contributed by atoms with van der Waals surface area (Å²) >= 11 is 0. The monoisotopic (exact) mass is 457 g/mol. The van der Waals surface area contributed by atoms with Crippen molar-refractivity contribution in [3.05, 3.63) is 41.5 Å². The molecule has 5 nitrogen and oxygen atoms in total. The topological polar surface area (TPSA) is 63.7 Å². The van der Waals surface area contributed by atoms with E-state index in [0.717, 1.165) is 31.7 Å². The maximum atomic E-state index is 13.4. The molecule has 0 N–H and O–H groups in total. The van der Waals surface area contributed by atoms with Crippen molar-refractivity contribution in [1.29, 1.82) is 0 Å². The summed E-state index contributed by atoms with van der Waals surface area (Å²) in [7, 11) is -5.77. The van der Waals surface area contributed by atoms with Crippen molar-refractivity contribution in [2.75, 3.05) is 13.1 Å². The summed E-state index contributed by atoms with van der Waals surface area (Å²) in [6.07, 6.45) is 7.80. The largest absolute Gasteiger partial charge is 0.534 e. The van der Waals surface area contributed by atoms with Crippen LogP contribution in [0.4, 0.5) is 13.2 Å². The van der Waals surface area contributed by atoms with Crippen LogP contribution in [-0.2, 0) is 15.5 Å². The molecule has 1 aromatic carbocycles. The van der Waals surface area contributed by atoms with Gasteiger partial charge in [0.25, 0.3) is 0 Å². The highest BCUT2D eigenvalue weighted by Crippen LogP contribution is 2.56. The Morgan fingerprint density at radius 2 is 2.03 bits per heavy atom. The van der Waals surface area contributed by atoms with Gasteiger partial charge in [-0.25, -0.2) is 0 Å². The predicted octanol–water partition coefficient (Wildman–Crippen LogP) is 4.44. The maximum absolute atomic E-state index is 13.4. The molecule has 9 heteroatoms. The molecule has 4 rings (SSSR count). The number of likely N-dealkylation sites (tertiary alicyclic amines) is 1. The number of carbonyl (C=O) groups excluding carboxylic acids is 1. The quantitative estimate of drug-likeness (QED) is 0.372. The average Bonchev–Trinajstić information content (AvgIpc) is 2.96. The number of benzene rings is 1. The number of nitrogens with zero attached hydrogens (tertiary/aromatic N) is 1. The maximum Gasteiger partial charge on any atom is 0.534 e. The van der Waals surface area contributed by atoms with Gasteiger partial charge in [-0.3, -0.25) is 9.69 Å². The van der Waals surface area contributed by atoms with E-state index in [9.17, 15) is 26.4 Å². The lowest BCUT2D eigenvalue weighted by Gasteiger charge is -2.44. The summed E-state index contributed by atoms with van der Waals surface area (Å²) in [5, 5.41) is 0. The van der Waals surface area contributed by atoms with Crippen molar-refractivity contribution in [2.24, 2.45) is 11.8 Å². The van der Waals surface area contributed by atoms with E-state index in [1.54, 1.807) is 0 Å². The van der Waals surface area contributed by atoms with Crippen LogP contribution in [0.1, 0.15) is 55.5 Å². The van der Waals surface area contributed by atoms with Crippen LogP contribution in [0.5, 0.6) is 5.75 Å². The number of rotatable bonds is 5. The first-order chi connectivity index (χ1) is 14.5. The first-order valence-corrected chi connectivity index (χ1v) is 12.0. The summed E-state index contributed by atoms with van der Waals surface area (Å²) < 4.78 is 65.7. The minimum atomic E-state index is -5.77. The molecule has 3 aliphatic rings. The van der Waals surface area contributed by atoms with Crippen LogP contribution in [0.3, 0.4) is 0 Å². The molecule has 1 saturated carbocycles. The molecular formula is C22H26F3NO4S. The molecule has 0 radical (unpaired) electrons. The van der Waals surface area contributed by atoms with E-state index in [0.29, 0.717) is 30.1 Å². The van der Waals surface area contributed by atoms with E-state index in [4.69, 9.17) is 0 Å². The fourth-order valence-corrected chi connectivity index (χ4v) is 6.04. The zero-order valence-corrected chi connectivity index (χ0v) is 18.3. The third-order valence-electron chi connectivity index (χ3n) is 6.77. The normalized spacial score (nSPS) is 28.8. The van der Waals surface area contributed by atoms with E-state index in [1.807, 2.05) is 0 Å². The van der Waals surface area contributed by atoms with E-state index in [-0.39, 0.29) is 23.2 Å². The summed E-state index contributed by atoms with van der Waals surface area (Å²) in [4.78, 5) is 15.6. The van der Waals surface area contributed by atoms with Crippen molar-refractivity contribution < 1.29 is 30.6 Å². The fraction of sp³-hybridized carbons (Fsp3) is 0.591. The Labute approximate surface area is 180 Å². The summed E-state index contributed by atoms with van der Waals surface area (Å²) in [6.45, 7) is 5.41. The molecule has 0 aromatic heterocycles. The number of alkyl halides is 3. The van der Waals surface area contributed by atoms with Gasteiger partial charge in [-0.2, -0.15) is 21.6 Å². The molecule has 3 atom stereocenters. The van der Waals surface area contributed by atoms with Crippen molar-refractivity contribution in [1.82, 2.24) is 4.90 Å². The highest BCUT2D eigenvalue weighted by Gasteiger charge is 2.60. The van der Waals surface area contributed by atoms with Crippen LogP contribution in [0.2, 0.25) is 0 Å². The molecule has 1 heterocycles. The predicted molar refractivity (Wildman–Crippen MR) is 109 cm³/mol. The lowest BCUT2D eigenvalue weighted by molar-refractivity contribution is -0.0500. The summed E-state index contributed by atoms with van der Waals surface area (Å²) in [6, 6.07) is 3.66. The first kappa shape index (κ1) is 22.3. The highest BCUT2D eigenvalue weighted by molar-refractivity contribution is 7.88. The molecule has 0 spiro atoms. The third kappa shape index (κ3) is 3.69. The summed E-state index contributed by atoms with van der Waals surface area (Å²) in [5.41, 5.74) is -4.79. The number of carbonyl (C=O) groups is 1. The number of hydrogen-bond donors (Lipinski definition) is 0. The molecule has 3 unspecified atom stereocenters. The smallest absolute Gasteiger partial charge is 0.376 e. The standard InChI is InChI=1S/C22H26F3NO4S/c1-14(2)6-5-11-26-13-21-10-4-3-7-17(21)19(26)20(27)16-9-8-15(12-18(16)21)30-31(28,29)22(23,24)25/h5-6,8-9,12,14,17,19H,3-4,7,10-11,13H2,1-2H3/b6-5+. The first-order valence-electron chi connectivity index (χ1n) is 10.6. The second-order valence-electron chi connectivity index (χ2n) is 9.11. The van der Waals surface area contributed by atoms with Gasteiger partial charge in [0.1, 0.15) is 5.75 Å².